The molecule has 0 bridgehead atoms. The number of hydrogen-bond donors (Lipinski definition) is 1. The van der Waals surface area contributed by atoms with Crippen LogP contribution in [0.5, 0.6) is 0 Å². The number of nitrogens with zero attached hydrogens (tertiary/aromatic N) is 3. The Kier molecular flexibility index (Phi) is 6.39. The number of carbonyl (C=O) groups excluding carboxylic acids is 1. The van der Waals surface area contributed by atoms with Gasteiger partial charge in [-0.25, -0.2) is 9.37 Å². The van der Waals surface area contributed by atoms with Crippen LogP contribution in [0, 0.1) is 5.82 Å². The molecule has 176 valence electrons. The molecule has 1 amide bonds. The topological polar surface area (TPSA) is 68.9 Å². The van der Waals surface area contributed by atoms with Gasteiger partial charge in [0.25, 0.3) is 5.56 Å². The van der Waals surface area contributed by atoms with Crippen molar-refractivity contribution in [1.29, 1.82) is 0 Å². The zero-order valence-electron chi connectivity index (χ0n) is 19.2. The molecule has 2 heterocycles. The molecular formula is C28H25FN4O2. The first-order chi connectivity index (χ1) is 17.1. The SMILES string of the molecule is O=C(Cn1c2ccc(F)cc2c2ncn(Cc3ccccc3)c(=O)c21)NCCCc1ccccc1. The fourth-order valence-electron chi connectivity index (χ4n) is 4.39. The van der Waals surface area contributed by atoms with E-state index in [4.69, 9.17) is 0 Å². The van der Waals surface area contributed by atoms with E-state index in [-0.39, 0.29) is 18.0 Å². The monoisotopic (exact) mass is 468 g/mol. The summed E-state index contributed by atoms with van der Waals surface area (Å²) in [6.45, 7) is 0.823. The van der Waals surface area contributed by atoms with Gasteiger partial charge in [0.1, 0.15) is 23.4 Å². The Labute approximate surface area is 201 Å². The molecule has 35 heavy (non-hydrogen) atoms. The van der Waals surface area contributed by atoms with Crippen molar-refractivity contribution >= 4 is 27.8 Å². The number of hydrogen-bond acceptors (Lipinski definition) is 3. The van der Waals surface area contributed by atoms with Crippen LogP contribution in [0.25, 0.3) is 21.9 Å². The van der Waals surface area contributed by atoms with E-state index in [1.807, 2.05) is 48.5 Å². The van der Waals surface area contributed by atoms with Crippen molar-refractivity contribution in [3.63, 3.8) is 0 Å². The summed E-state index contributed by atoms with van der Waals surface area (Å²) >= 11 is 0. The molecule has 0 saturated heterocycles. The van der Waals surface area contributed by atoms with Gasteiger partial charge in [-0.15, -0.1) is 0 Å². The number of fused-ring (bicyclic) bond motifs is 3. The van der Waals surface area contributed by atoms with E-state index in [2.05, 4.69) is 22.4 Å². The molecule has 0 atom stereocenters. The van der Waals surface area contributed by atoms with Crippen molar-refractivity contribution in [2.45, 2.75) is 25.9 Å². The minimum absolute atomic E-state index is 0.0523. The van der Waals surface area contributed by atoms with Crippen molar-refractivity contribution in [1.82, 2.24) is 19.4 Å². The maximum atomic E-state index is 14.0. The van der Waals surface area contributed by atoms with E-state index in [1.54, 1.807) is 10.6 Å². The standard InChI is InChI=1S/C28H25FN4O2/c29-22-13-14-24-23(16-22)26-27(28(35)32(19-31-26)17-21-10-5-2-6-11-21)33(24)18-25(34)30-15-7-12-20-8-3-1-4-9-20/h1-6,8-11,13-14,16,19H,7,12,15,17-18H2,(H,30,34). The Bertz CT molecular complexity index is 1540. The summed E-state index contributed by atoms with van der Waals surface area (Å²) in [5.74, 6) is -0.628. The van der Waals surface area contributed by atoms with Gasteiger partial charge in [0.05, 0.1) is 18.4 Å². The molecule has 0 radical (unpaired) electrons. The van der Waals surface area contributed by atoms with Gasteiger partial charge >= 0.3 is 0 Å². The first kappa shape index (κ1) is 22.5. The lowest BCUT2D eigenvalue weighted by molar-refractivity contribution is -0.121. The number of carbonyl (C=O) groups is 1. The molecule has 1 N–H and O–H groups in total. The molecule has 5 rings (SSSR count). The Morgan fingerprint density at radius 1 is 0.943 bits per heavy atom. The van der Waals surface area contributed by atoms with Gasteiger partial charge in [0, 0.05) is 11.9 Å². The number of aryl methyl sites for hydroxylation is 1. The highest BCUT2D eigenvalue weighted by Gasteiger charge is 2.19. The second-order valence-electron chi connectivity index (χ2n) is 8.55. The zero-order chi connectivity index (χ0) is 24.2. The lowest BCUT2D eigenvalue weighted by Crippen LogP contribution is -2.30. The van der Waals surface area contributed by atoms with Crippen LogP contribution in [0.15, 0.2) is 90.0 Å². The molecule has 7 heteroatoms. The molecule has 0 spiro atoms. The fourth-order valence-corrected chi connectivity index (χ4v) is 4.39. The van der Waals surface area contributed by atoms with Crippen molar-refractivity contribution < 1.29 is 9.18 Å². The van der Waals surface area contributed by atoms with Crippen LogP contribution in [0.3, 0.4) is 0 Å². The minimum atomic E-state index is -0.419. The van der Waals surface area contributed by atoms with Crippen LogP contribution in [-0.2, 0) is 24.3 Å². The van der Waals surface area contributed by atoms with Crippen LogP contribution in [-0.4, -0.2) is 26.6 Å². The van der Waals surface area contributed by atoms with E-state index < -0.39 is 5.82 Å². The number of rotatable bonds is 8. The zero-order valence-corrected chi connectivity index (χ0v) is 19.2. The number of aromatic nitrogens is 3. The Morgan fingerprint density at radius 3 is 2.40 bits per heavy atom. The van der Waals surface area contributed by atoms with Crippen LogP contribution in [0.2, 0.25) is 0 Å². The number of nitrogens with one attached hydrogen (secondary N) is 1. The lowest BCUT2D eigenvalue weighted by atomic mass is 10.1. The van der Waals surface area contributed by atoms with Crippen LogP contribution in [0.4, 0.5) is 4.39 Å². The predicted octanol–water partition coefficient (Wildman–Crippen LogP) is 4.29. The minimum Gasteiger partial charge on any atom is -0.355 e. The number of halogens is 1. The van der Waals surface area contributed by atoms with Crippen molar-refractivity contribution in [3.05, 3.63) is 112 Å². The third-order valence-corrected chi connectivity index (χ3v) is 6.09. The third kappa shape index (κ3) is 4.84. The average Bonchev–Trinajstić information content (AvgIpc) is 3.18. The third-order valence-electron chi connectivity index (χ3n) is 6.09. The van der Waals surface area contributed by atoms with Gasteiger partial charge in [-0.2, -0.15) is 0 Å². The fraction of sp³-hybridized carbons (Fsp3) is 0.179. The van der Waals surface area contributed by atoms with Gasteiger partial charge in [0.15, 0.2) is 0 Å². The van der Waals surface area contributed by atoms with Gasteiger partial charge in [-0.3, -0.25) is 14.2 Å². The van der Waals surface area contributed by atoms with E-state index in [0.29, 0.717) is 35.0 Å². The van der Waals surface area contributed by atoms with Crippen molar-refractivity contribution in [3.8, 4) is 0 Å². The molecule has 6 nitrogen and oxygen atoms in total. The first-order valence-electron chi connectivity index (χ1n) is 11.6. The summed E-state index contributed by atoms with van der Waals surface area (Å²) in [7, 11) is 0. The van der Waals surface area contributed by atoms with Crippen molar-refractivity contribution in [2.75, 3.05) is 6.54 Å². The van der Waals surface area contributed by atoms with Crippen LogP contribution >= 0.6 is 0 Å². The maximum Gasteiger partial charge on any atom is 0.278 e. The summed E-state index contributed by atoms with van der Waals surface area (Å²) in [6.07, 6.45) is 3.15. The highest BCUT2D eigenvalue weighted by Crippen LogP contribution is 2.26. The highest BCUT2D eigenvalue weighted by molar-refractivity contribution is 6.06. The van der Waals surface area contributed by atoms with Gasteiger partial charge in [0.2, 0.25) is 5.91 Å². The molecule has 0 aliphatic rings. The maximum absolute atomic E-state index is 14.0. The second kappa shape index (κ2) is 9.93. The first-order valence-corrected chi connectivity index (χ1v) is 11.6. The lowest BCUT2D eigenvalue weighted by Gasteiger charge is -2.10. The summed E-state index contributed by atoms with van der Waals surface area (Å²) < 4.78 is 17.2. The number of amides is 1. The quantitative estimate of drug-likeness (QED) is 0.346. The molecule has 0 saturated carbocycles. The molecule has 0 aliphatic heterocycles. The summed E-state index contributed by atoms with van der Waals surface area (Å²) in [4.78, 5) is 30.8. The van der Waals surface area contributed by atoms with Crippen molar-refractivity contribution in [2.24, 2.45) is 0 Å². The molecule has 0 unspecified atom stereocenters. The Balaban J connectivity index is 1.42. The Morgan fingerprint density at radius 2 is 1.66 bits per heavy atom. The highest BCUT2D eigenvalue weighted by atomic mass is 19.1. The summed E-state index contributed by atoms with van der Waals surface area (Å²) in [6, 6.07) is 24.0. The molecule has 3 aromatic carbocycles. The van der Waals surface area contributed by atoms with Crippen LogP contribution < -0.4 is 10.9 Å². The summed E-state index contributed by atoms with van der Waals surface area (Å²) in [5.41, 5.74) is 3.20. The Hall–Kier alpha value is -4.26. The largest absolute Gasteiger partial charge is 0.355 e. The van der Waals surface area contributed by atoms with Crippen LogP contribution in [0.1, 0.15) is 17.5 Å². The smallest absolute Gasteiger partial charge is 0.278 e. The normalized spacial score (nSPS) is 11.2. The average molecular weight is 469 g/mol. The van der Waals surface area contributed by atoms with E-state index in [9.17, 15) is 14.0 Å². The molecule has 0 fully saturated rings. The summed E-state index contributed by atoms with van der Waals surface area (Å²) in [5, 5.41) is 3.46. The molecule has 2 aromatic heterocycles. The number of benzene rings is 3. The predicted molar refractivity (Wildman–Crippen MR) is 135 cm³/mol. The van der Waals surface area contributed by atoms with E-state index >= 15 is 0 Å². The van der Waals surface area contributed by atoms with E-state index in [0.717, 1.165) is 18.4 Å². The van der Waals surface area contributed by atoms with E-state index in [1.165, 1.54) is 28.6 Å². The molecular weight excluding hydrogens is 443 g/mol. The molecule has 0 aliphatic carbocycles. The van der Waals surface area contributed by atoms with Gasteiger partial charge in [-0.05, 0) is 42.2 Å². The van der Waals surface area contributed by atoms with Gasteiger partial charge < -0.3 is 9.88 Å². The van der Waals surface area contributed by atoms with Gasteiger partial charge in [-0.1, -0.05) is 60.7 Å². The second-order valence-corrected chi connectivity index (χ2v) is 8.55. The molecule has 5 aromatic rings.